The van der Waals surface area contributed by atoms with Crippen molar-refractivity contribution in [2.45, 2.75) is 310 Å². The number of carbonyl (C=O) groups is 2. The molecule has 0 aliphatic rings. The van der Waals surface area contributed by atoms with Gasteiger partial charge in [-0.05, 0) is 70.6 Å². The van der Waals surface area contributed by atoms with Crippen LogP contribution in [0, 0.1) is 0 Å². The molecule has 0 aliphatic carbocycles. The second kappa shape index (κ2) is 55.3. The number of carboxylic acids is 1. The van der Waals surface area contributed by atoms with Gasteiger partial charge in [0.05, 0.1) is 85.8 Å². The van der Waals surface area contributed by atoms with E-state index < -0.39 is 24.3 Å². The van der Waals surface area contributed by atoms with Crippen molar-refractivity contribution < 1.29 is 48.5 Å². The Kier molecular flexibility index (Phi) is 57.5. The number of unbranched alkanes of at least 4 members (excludes halogenated alkanes) is 31. The summed E-state index contributed by atoms with van der Waals surface area (Å²) in [5.74, 6) is -1.19. The van der Waals surface area contributed by atoms with E-state index in [1.807, 2.05) is 0 Å². The molecule has 0 spiro atoms. The fraction of sp³-hybridized carbons (Fsp3) is 0.967. The number of rotatable bonds is 52. The third-order valence-electron chi connectivity index (χ3n) is 14.2. The van der Waals surface area contributed by atoms with Gasteiger partial charge in [-0.2, -0.15) is 0 Å². The first-order valence-corrected chi connectivity index (χ1v) is 30.3. The lowest BCUT2D eigenvalue weighted by molar-refractivity contribution is -0.890. The summed E-state index contributed by atoms with van der Waals surface area (Å²) in [6.45, 7) is 16.5. The first-order valence-electron chi connectivity index (χ1n) is 30.3. The Hall–Kier alpha value is -1.46. The Labute approximate surface area is 436 Å². The maximum Gasteiger partial charge on any atom is 0.249 e. The number of aliphatic hydroxyl groups excluding tert-OH is 1. The van der Waals surface area contributed by atoms with E-state index in [4.69, 9.17) is 24.5 Å². The van der Waals surface area contributed by atoms with Gasteiger partial charge in [0.25, 0.3) is 0 Å². The summed E-state index contributed by atoms with van der Waals surface area (Å²) in [6.07, 6.45) is 47.9. The number of ether oxygens (including phenoxy) is 2. The molecule has 10 heteroatoms. The van der Waals surface area contributed by atoms with Crippen LogP contribution < -0.4 is 10.2 Å². The SMILES string of the molecule is CCCCCCCCCCC(OC(CO)COC(CCCCC)CCCC[N+](C)(C)CCCCCCCCCC)C(=O)[O-].CCCCCCCCCC[N+](C)(C)CCCCCCCCCC.O=C([O-])O. The van der Waals surface area contributed by atoms with Gasteiger partial charge in [-0.15, -0.1) is 0 Å². The van der Waals surface area contributed by atoms with E-state index in [1.165, 1.54) is 236 Å². The molecule has 3 atom stereocenters. The number of hydrogen-bond donors (Lipinski definition) is 2. The number of carboxylic acid groups (broad SMARTS) is 3. The zero-order valence-corrected chi connectivity index (χ0v) is 48.5. The maximum absolute atomic E-state index is 11.7. The molecule has 2 N–H and O–H groups in total. The van der Waals surface area contributed by atoms with Gasteiger partial charge in [0, 0.05) is 0 Å². The maximum atomic E-state index is 11.7. The molecule has 0 aromatic carbocycles. The van der Waals surface area contributed by atoms with Gasteiger partial charge in [-0.3, -0.25) is 0 Å². The number of nitrogens with zero attached hydrogens (tertiary/aromatic N) is 2. The van der Waals surface area contributed by atoms with Crippen molar-refractivity contribution in [2.75, 3.05) is 67.6 Å². The largest absolute Gasteiger partial charge is 0.565 e. The quantitative estimate of drug-likeness (QED) is 0.0454. The summed E-state index contributed by atoms with van der Waals surface area (Å²) in [6, 6.07) is 0. The first kappa shape index (κ1) is 72.8. The molecule has 422 valence electrons. The smallest absolute Gasteiger partial charge is 0.249 e. The molecule has 0 aliphatic heterocycles. The molecule has 0 saturated carbocycles. The van der Waals surface area contributed by atoms with Crippen molar-refractivity contribution >= 4 is 12.1 Å². The molecule has 0 fully saturated rings. The lowest BCUT2D eigenvalue weighted by Crippen LogP contribution is -2.42. The number of carbonyl (C=O) groups excluding carboxylic acids is 1. The first-order chi connectivity index (χ1) is 33.6. The van der Waals surface area contributed by atoms with Gasteiger partial charge in [0.1, 0.15) is 6.10 Å². The van der Waals surface area contributed by atoms with Crippen LogP contribution in [0.1, 0.15) is 291 Å². The van der Waals surface area contributed by atoms with Crippen molar-refractivity contribution in [2.24, 2.45) is 0 Å². The predicted molar refractivity (Wildman–Crippen MR) is 295 cm³/mol. The van der Waals surface area contributed by atoms with E-state index in [9.17, 15) is 15.0 Å². The predicted octanol–water partition coefficient (Wildman–Crippen LogP) is 14.6. The van der Waals surface area contributed by atoms with Crippen LogP contribution in [-0.4, -0.2) is 117 Å². The van der Waals surface area contributed by atoms with Crippen LogP contribution in [0.4, 0.5) is 4.79 Å². The average molecular weight is 1000 g/mol. The van der Waals surface area contributed by atoms with Crippen LogP contribution in [-0.2, 0) is 14.3 Å². The van der Waals surface area contributed by atoms with Gasteiger partial charge >= 0.3 is 0 Å². The van der Waals surface area contributed by atoms with E-state index >= 15 is 0 Å². The van der Waals surface area contributed by atoms with Crippen LogP contribution in [0.2, 0.25) is 0 Å². The van der Waals surface area contributed by atoms with Crippen LogP contribution in [0.25, 0.3) is 0 Å². The Morgan fingerprint density at radius 1 is 0.400 bits per heavy atom. The third-order valence-corrected chi connectivity index (χ3v) is 14.2. The van der Waals surface area contributed by atoms with Crippen LogP contribution in [0.15, 0.2) is 0 Å². The van der Waals surface area contributed by atoms with E-state index in [2.05, 4.69) is 62.8 Å². The molecule has 0 aromatic heterocycles. The summed E-state index contributed by atoms with van der Waals surface area (Å²) in [4.78, 5) is 20.2. The summed E-state index contributed by atoms with van der Waals surface area (Å²) < 4.78 is 14.4. The minimum Gasteiger partial charge on any atom is -0.565 e. The number of quaternary nitrogens is 2. The minimum absolute atomic E-state index is 0.127. The zero-order chi connectivity index (χ0) is 52.8. The molecular formula is C60H124N2O8. The second-order valence-electron chi connectivity index (χ2n) is 22.4. The second-order valence-corrected chi connectivity index (χ2v) is 22.4. The highest BCUT2D eigenvalue weighted by atomic mass is 16.6. The molecule has 70 heavy (non-hydrogen) atoms. The topological polar surface area (TPSA) is 139 Å². The summed E-state index contributed by atoms with van der Waals surface area (Å²) >= 11 is 0. The molecular weight excluding hydrogens is 877 g/mol. The zero-order valence-electron chi connectivity index (χ0n) is 48.5. The fourth-order valence-electron chi connectivity index (χ4n) is 9.41. The monoisotopic (exact) mass is 1000 g/mol. The summed E-state index contributed by atoms with van der Waals surface area (Å²) in [5, 5.41) is 37.0. The van der Waals surface area contributed by atoms with E-state index in [1.54, 1.807) is 0 Å². The molecule has 0 saturated heterocycles. The summed E-state index contributed by atoms with van der Waals surface area (Å²) in [5.41, 5.74) is 0. The molecule has 0 radical (unpaired) electrons. The summed E-state index contributed by atoms with van der Waals surface area (Å²) in [7, 11) is 9.59. The van der Waals surface area contributed by atoms with Gasteiger partial charge < -0.3 is 48.5 Å². The van der Waals surface area contributed by atoms with Crippen molar-refractivity contribution in [3.63, 3.8) is 0 Å². The Balaban J connectivity index is -0.00000139. The van der Waals surface area contributed by atoms with Crippen LogP contribution in [0.5, 0.6) is 0 Å². The molecule has 3 unspecified atom stereocenters. The number of aliphatic carboxylic acids is 1. The van der Waals surface area contributed by atoms with E-state index in [-0.39, 0.29) is 19.3 Å². The minimum atomic E-state index is -2.08. The molecule has 0 aromatic rings. The highest BCUT2D eigenvalue weighted by molar-refractivity contribution is 5.69. The Morgan fingerprint density at radius 3 is 0.943 bits per heavy atom. The Morgan fingerprint density at radius 2 is 0.643 bits per heavy atom. The lowest BCUT2D eigenvalue weighted by Gasteiger charge is -2.30. The number of aliphatic hydroxyl groups is 1. The molecule has 10 nitrogen and oxygen atoms in total. The van der Waals surface area contributed by atoms with Crippen LogP contribution in [0.3, 0.4) is 0 Å². The van der Waals surface area contributed by atoms with E-state index in [0.29, 0.717) is 6.42 Å². The Bertz CT molecular complexity index is 1030. The van der Waals surface area contributed by atoms with Crippen molar-refractivity contribution in [1.82, 2.24) is 0 Å². The standard InChI is InChI=1S/C37H75NO5.C22H48N.CH2O3/c1-6-9-12-14-16-18-20-23-29-36(37(40)41)43-35(32-39)33-42-34(27-22-11-8-3)28-24-26-31-38(4,5)30-25-21-19-17-15-13-10-7-2;1-5-7-9-11-13-15-17-19-21-23(3,4)22-20-18-16-14-12-10-8-6-2;2-1(3)4/h34-36,39H,6-33H2,1-5H3;5-22H2,1-4H3;(H2,2,3,4)/q;+1;/p-1. The lowest BCUT2D eigenvalue weighted by atomic mass is 10.0. The fourth-order valence-corrected chi connectivity index (χ4v) is 9.41. The molecule has 0 rings (SSSR count). The number of hydrogen-bond acceptors (Lipinski definition) is 7. The van der Waals surface area contributed by atoms with Gasteiger partial charge in [0.15, 0.2) is 0 Å². The van der Waals surface area contributed by atoms with Gasteiger partial charge in [0.2, 0.25) is 6.16 Å². The highest BCUT2D eigenvalue weighted by Crippen LogP contribution is 2.19. The van der Waals surface area contributed by atoms with Gasteiger partial charge in [-0.25, -0.2) is 0 Å². The van der Waals surface area contributed by atoms with Gasteiger partial charge in [-0.1, -0.05) is 221 Å². The van der Waals surface area contributed by atoms with Crippen molar-refractivity contribution in [3.8, 4) is 0 Å². The highest BCUT2D eigenvalue weighted by Gasteiger charge is 2.21. The van der Waals surface area contributed by atoms with Crippen LogP contribution >= 0.6 is 0 Å². The van der Waals surface area contributed by atoms with Crippen molar-refractivity contribution in [3.05, 3.63) is 0 Å². The molecule has 0 amide bonds. The normalized spacial score (nSPS) is 13.0. The third kappa shape index (κ3) is 59.1. The molecule has 0 heterocycles. The van der Waals surface area contributed by atoms with Crippen molar-refractivity contribution in [1.29, 1.82) is 0 Å². The molecule has 0 bridgehead atoms. The van der Waals surface area contributed by atoms with E-state index in [0.717, 1.165) is 49.4 Å². The average Bonchev–Trinajstić information content (AvgIpc) is 3.31.